The molecule has 17 heavy (non-hydrogen) atoms. The van der Waals surface area contributed by atoms with Crippen LogP contribution in [0.3, 0.4) is 0 Å². The largest absolute Gasteiger partial charge is 0.360 e. The molecule has 0 aliphatic heterocycles. The highest BCUT2D eigenvalue weighted by Gasteiger charge is 2.28. The van der Waals surface area contributed by atoms with E-state index in [9.17, 15) is 8.42 Å². The predicted molar refractivity (Wildman–Crippen MR) is 68.8 cm³/mol. The van der Waals surface area contributed by atoms with E-state index < -0.39 is 10.0 Å². The Morgan fingerprint density at radius 2 is 2.06 bits per heavy atom. The van der Waals surface area contributed by atoms with E-state index in [-0.39, 0.29) is 9.72 Å². The van der Waals surface area contributed by atoms with Gasteiger partial charge in [0.1, 0.15) is 10.6 Å². The number of alkyl halides is 1. The van der Waals surface area contributed by atoms with Crippen LogP contribution < -0.4 is 0 Å². The molecule has 0 saturated heterocycles. The molecular formula is C10H17BrN2O3S. The topological polar surface area (TPSA) is 63.4 Å². The zero-order valence-electron chi connectivity index (χ0n) is 10.4. The van der Waals surface area contributed by atoms with Crippen molar-refractivity contribution in [1.29, 1.82) is 0 Å². The van der Waals surface area contributed by atoms with E-state index in [1.165, 1.54) is 4.31 Å². The van der Waals surface area contributed by atoms with Gasteiger partial charge >= 0.3 is 0 Å². The average molecular weight is 325 g/mol. The lowest BCUT2D eigenvalue weighted by molar-refractivity contribution is 0.389. The molecule has 1 rings (SSSR count). The van der Waals surface area contributed by atoms with Gasteiger partial charge in [-0.25, -0.2) is 12.7 Å². The second-order valence-corrected chi connectivity index (χ2v) is 7.59. The van der Waals surface area contributed by atoms with Gasteiger partial charge in [0, 0.05) is 18.4 Å². The van der Waals surface area contributed by atoms with Crippen LogP contribution in [0.1, 0.15) is 24.8 Å². The van der Waals surface area contributed by atoms with E-state index >= 15 is 0 Å². The minimum absolute atomic E-state index is 0.183. The normalized spacial score (nSPS) is 14.2. The van der Waals surface area contributed by atoms with E-state index in [1.807, 2.05) is 6.92 Å². The molecule has 5 nitrogen and oxygen atoms in total. The first-order valence-corrected chi connectivity index (χ1v) is 7.65. The summed E-state index contributed by atoms with van der Waals surface area (Å²) in [5, 5.41) is 3.67. The predicted octanol–water partition coefficient (Wildman–Crippen LogP) is 2.09. The molecule has 0 aromatic carbocycles. The summed E-state index contributed by atoms with van der Waals surface area (Å²) >= 11 is 3.39. The maximum atomic E-state index is 12.3. The number of halogens is 1. The minimum atomic E-state index is -3.50. The highest BCUT2D eigenvalue weighted by Crippen LogP contribution is 2.22. The molecule has 1 atom stereocenters. The Morgan fingerprint density at radius 1 is 1.47 bits per heavy atom. The van der Waals surface area contributed by atoms with Gasteiger partial charge in [0.25, 0.3) is 0 Å². The van der Waals surface area contributed by atoms with E-state index in [2.05, 4.69) is 21.1 Å². The number of nitrogens with zero attached hydrogens (tertiary/aromatic N) is 2. The molecule has 0 aliphatic carbocycles. The third kappa shape index (κ3) is 3.29. The summed E-state index contributed by atoms with van der Waals surface area (Å²) in [6, 6.07) is 0. The van der Waals surface area contributed by atoms with Gasteiger partial charge in [-0.15, -0.1) is 0 Å². The zero-order chi connectivity index (χ0) is 13.2. The molecule has 0 radical (unpaired) electrons. The molecule has 1 aromatic rings. The van der Waals surface area contributed by atoms with Crippen LogP contribution in [0.4, 0.5) is 0 Å². The lowest BCUT2D eigenvalue weighted by Crippen LogP contribution is -2.29. The van der Waals surface area contributed by atoms with Crippen LogP contribution in [-0.2, 0) is 10.0 Å². The molecule has 98 valence electrons. The monoisotopic (exact) mass is 324 g/mol. The summed E-state index contributed by atoms with van der Waals surface area (Å²) in [6.07, 6.45) is 0.749. The van der Waals surface area contributed by atoms with Gasteiger partial charge in [-0.2, -0.15) is 0 Å². The molecule has 1 unspecified atom stereocenters. The molecule has 7 heteroatoms. The van der Waals surface area contributed by atoms with Gasteiger partial charge < -0.3 is 4.52 Å². The second-order valence-electron chi connectivity index (χ2n) is 4.05. The van der Waals surface area contributed by atoms with E-state index in [4.69, 9.17) is 4.52 Å². The summed E-state index contributed by atoms with van der Waals surface area (Å²) in [5.74, 6) is 0.334. The number of hydrogen-bond donors (Lipinski definition) is 0. The second kappa shape index (κ2) is 5.49. The van der Waals surface area contributed by atoms with Crippen LogP contribution in [0.2, 0.25) is 0 Å². The zero-order valence-corrected chi connectivity index (χ0v) is 12.8. The third-order valence-electron chi connectivity index (χ3n) is 2.48. The van der Waals surface area contributed by atoms with Gasteiger partial charge in [0.05, 0.1) is 0 Å². The fourth-order valence-electron chi connectivity index (χ4n) is 1.48. The van der Waals surface area contributed by atoms with Crippen LogP contribution in [-0.4, -0.2) is 36.3 Å². The molecule has 0 spiro atoms. The first-order chi connectivity index (χ1) is 7.76. The lowest BCUT2D eigenvalue weighted by atomic mass is 10.3. The van der Waals surface area contributed by atoms with Crippen LogP contribution >= 0.6 is 15.9 Å². The highest BCUT2D eigenvalue weighted by atomic mass is 79.9. The summed E-state index contributed by atoms with van der Waals surface area (Å²) in [4.78, 5) is 0.465. The van der Waals surface area contributed by atoms with Gasteiger partial charge in [0.15, 0.2) is 5.76 Å². The first kappa shape index (κ1) is 14.7. The molecule has 0 N–H and O–H groups in total. The van der Waals surface area contributed by atoms with Crippen molar-refractivity contribution in [3.05, 3.63) is 11.5 Å². The summed E-state index contributed by atoms with van der Waals surface area (Å²) < 4.78 is 30.7. The number of hydrogen-bond acceptors (Lipinski definition) is 4. The van der Waals surface area contributed by atoms with Crippen molar-refractivity contribution < 1.29 is 12.9 Å². The van der Waals surface area contributed by atoms with Crippen LogP contribution in [0.25, 0.3) is 0 Å². The Bertz CT molecular complexity index is 462. The lowest BCUT2D eigenvalue weighted by Gasteiger charge is -2.17. The van der Waals surface area contributed by atoms with Gasteiger partial charge in [-0.05, 0) is 20.3 Å². The molecule has 0 amide bonds. The molecule has 0 fully saturated rings. The molecular weight excluding hydrogens is 308 g/mol. The van der Waals surface area contributed by atoms with E-state index in [0.29, 0.717) is 18.0 Å². The van der Waals surface area contributed by atoms with Crippen molar-refractivity contribution in [2.75, 3.05) is 13.6 Å². The van der Waals surface area contributed by atoms with Crippen molar-refractivity contribution in [3.8, 4) is 0 Å². The summed E-state index contributed by atoms with van der Waals surface area (Å²) in [7, 11) is -1.93. The van der Waals surface area contributed by atoms with Crippen molar-refractivity contribution in [2.45, 2.75) is 36.9 Å². The van der Waals surface area contributed by atoms with E-state index in [0.717, 1.165) is 6.42 Å². The minimum Gasteiger partial charge on any atom is -0.360 e. The van der Waals surface area contributed by atoms with Crippen molar-refractivity contribution in [3.63, 3.8) is 0 Å². The van der Waals surface area contributed by atoms with Crippen molar-refractivity contribution >= 4 is 26.0 Å². The van der Waals surface area contributed by atoms with Crippen molar-refractivity contribution in [2.24, 2.45) is 0 Å². The molecule has 0 bridgehead atoms. The van der Waals surface area contributed by atoms with Gasteiger partial charge in [-0.1, -0.05) is 28.0 Å². The van der Waals surface area contributed by atoms with Gasteiger partial charge in [-0.3, -0.25) is 0 Å². The van der Waals surface area contributed by atoms with Crippen molar-refractivity contribution in [1.82, 2.24) is 9.46 Å². The number of aromatic nitrogens is 1. The molecule has 1 heterocycles. The van der Waals surface area contributed by atoms with E-state index in [1.54, 1.807) is 20.9 Å². The standard InChI is InChI=1S/C10H17BrN2O3S/c1-7(11)5-6-13(4)17(14,15)10-8(2)12-16-9(10)3/h7H,5-6H2,1-4H3. The number of sulfonamides is 1. The first-order valence-electron chi connectivity index (χ1n) is 5.30. The molecule has 0 aliphatic rings. The van der Waals surface area contributed by atoms with Crippen LogP contribution in [0.15, 0.2) is 9.42 Å². The quantitative estimate of drug-likeness (QED) is 0.778. The third-order valence-corrected chi connectivity index (χ3v) is 5.04. The average Bonchev–Trinajstić information content (AvgIpc) is 2.55. The van der Waals surface area contributed by atoms with Crippen LogP contribution in [0.5, 0.6) is 0 Å². The molecule has 0 saturated carbocycles. The Balaban J connectivity index is 2.96. The fourth-order valence-corrected chi connectivity index (χ4v) is 3.15. The Morgan fingerprint density at radius 3 is 2.47 bits per heavy atom. The molecule has 1 aromatic heterocycles. The fraction of sp³-hybridized carbons (Fsp3) is 0.700. The number of aryl methyl sites for hydroxylation is 2. The highest BCUT2D eigenvalue weighted by molar-refractivity contribution is 9.09. The maximum Gasteiger partial charge on any atom is 0.248 e. The maximum absolute atomic E-state index is 12.3. The summed E-state index contributed by atoms with van der Waals surface area (Å²) in [5.41, 5.74) is 0.404. The van der Waals surface area contributed by atoms with Crippen LogP contribution in [0, 0.1) is 13.8 Å². The Labute approximate surface area is 110 Å². The van der Waals surface area contributed by atoms with Gasteiger partial charge in [0.2, 0.25) is 10.0 Å². The Hall–Kier alpha value is -0.400. The summed E-state index contributed by atoms with van der Waals surface area (Å²) in [6.45, 7) is 5.67. The number of rotatable bonds is 5. The Kier molecular flexibility index (Phi) is 4.74. The smallest absolute Gasteiger partial charge is 0.248 e. The SMILES string of the molecule is Cc1noc(C)c1S(=O)(=O)N(C)CCC(C)Br.